The van der Waals surface area contributed by atoms with Crippen LogP contribution >= 0.6 is 0 Å². The molecule has 0 aromatic rings. The summed E-state index contributed by atoms with van der Waals surface area (Å²) in [5.74, 6) is -0.245. The highest BCUT2D eigenvalue weighted by Crippen LogP contribution is 2.52. The summed E-state index contributed by atoms with van der Waals surface area (Å²) in [7, 11) is 0. The molecule has 4 aliphatic rings. The number of ether oxygens (including phenoxy) is 1. The van der Waals surface area contributed by atoms with Crippen LogP contribution in [0.1, 0.15) is 19.3 Å². The third-order valence-corrected chi connectivity index (χ3v) is 5.86. The first-order valence-corrected chi connectivity index (χ1v) is 8.77. The highest BCUT2D eigenvalue weighted by molar-refractivity contribution is 6.06. The van der Waals surface area contributed by atoms with Crippen LogP contribution in [-0.2, 0) is 19.1 Å². The van der Waals surface area contributed by atoms with Gasteiger partial charge in [-0.15, -0.1) is 0 Å². The van der Waals surface area contributed by atoms with Gasteiger partial charge in [-0.05, 0) is 31.1 Å². The maximum atomic E-state index is 12.5. The molecule has 4 rings (SSSR count). The standard InChI is InChI=1S/C17H23N3O4/c18-8-11-3-4-12(24-11)15(21)19-5-6-20-16(22)13-9-1-2-10(7-9)14(13)17(20)23/h1-2,9-14H,3-8,18H2,(H,19,21)/t9?,10?,11-,12+,13?,14?/m1/s1. The van der Waals surface area contributed by atoms with E-state index in [4.69, 9.17) is 10.5 Å². The smallest absolute Gasteiger partial charge is 0.249 e. The second-order valence-corrected chi connectivity index (χ2v) is 7.18. The lowest BCUT2D eigenvalue weighted by atomic mass is 9.85. The molecule has 2 bridgehead atoms. The van der Waals surface area contributed by atoms with Crippen molar-refractivity contribution >= 4 is 17.7 Å². The second kappa shape index (κ2) is 5.97. The zero-order valence-corrected chi connectivity index (χ0v) is 13.5. The van der Waals surface area contributed by atoms with Gasteiger partial charge >= 0.3 is 0 Å². The number of allylic oxidation sites excluding steroid dienone is 2. The minimum atomic E-state index is -0.469. The van der Waals surface area contributed by atoms with Gasteiger partial charge in [-0.1, -0.05) is 12.2 Å². The SMILES string of the molecule is NC[C@H]1CC[C@@H](C(=O)NCCN2C(=O)C3C4C=CC(C4)C3C2=O)O1. The summed E-state index contributed by atoms with van der Waals surface area (Å²) in [6.45, 7) is 0.925. The van der Waals surface area contributed by atoms with E-state index in [1.54, 1.807) is 0 Å². The molecule has 1 saturated carbocycles. The Morgan fingerprint density at radius 2 is 1.88 bits per heavy atom. The van der Waals surface area contributed by atoms with Crippen LogP contribution in [0.2, 0.25) is 0 Å². The van der Waals surface area contributed by atoms with Crippen molar-refractivity contribution < 1.29 is 19.1 Å². The van der Waals surface area contributed by atoms with E-state index < -0.39 is 6.10 Å². The van der Waals surface area contributed by atoms with Crippen LogP contribution in [0.15, 0.2) is 12.2 Å². The zero-order valence-electron chi connectivity index (χ0n) is 13.5. The first-order chi connectivity index (χ1) is 11.6. The average Bonchev–Trinajstić information content (AvgIpc) is 3.34. The number of hydrogen-bond donors (Lipinski definition) is 2. The molecule has 24 heavy (non-hydrogen) atoms. The van der Waals surface area contributed by atoms with Crippen LogP contribution in [0.5, 0.6) is 0 Å². The molecule has 4 unspecified atom stereocenters. The molecular weight excluding hydrogens is 310 g/mol. The van der Waals surface area contributed by atoms with E-state index in [9.17, 15) is 14.4 Å². The molecule has 0 aromatic heterocycles. The molecule has 2 saturated heterocycles. The highest BCUT2D eigenvalue weighted by atomic mass is 16.5. The summed E-state index contributed by atoms with van der Waals surface area (Å²) in [5.41, 5.74) is 5.54. The van der Waals surface area contributed by atoms with Gasteiger partial charge in [0.1, 0.15) is 6.10 Å². The summed E-state index contributed by atoms with van der Waals surface area (Å²) >= 11 is 0. The summed E-state index contributed by atoms with van der Waals surface area (Å²) in [6, 6.07) is 0. The van der Waals surface area contributed by atoms with Gasteiger partial charge in [-0.25, -0.2) is 0 Å². The molecule has 7 nitrogen and oxygen atoms in total. The third kappa shape index (κ3) is 2.38. The number of imide groups is 1. The van der Waals surface area contributed by atoms with Gasteiger partial charge < -0.3 is 15.8 Å². The molecule has 3 amide bonds. The van der Waals surface area contributed by atoms with E-state index in [1.165, 1.54) is 4.90 Å². The third-order valence-electron chi connectivity index (χ3n) is 5.86. The van der Waals surface area contributed by atoms with Crippen molar-refractivity contribution in [3.8, 4) is 0 Å². The van der Waals surface area contributed by atoms with Gasteiger partial charge in [0.15, 0.2) is 0 Å². The van der Waals surface area contributed by atoms with Gasteiger partial charge in [0.25, 0.3) is 0 Å². The number of rotatable bonds is 5. The number of hydrogen-bond acceptors (Lipinski definition) is 5. The minimum absolute atomic E-state index is 0.0511. The lowest BCUT2D eigenvalue weighted by Crippen LogP contribution is -2.42. The number of carbonyl (C=O) groups excluding carboxylic acids is 3. The fourth-order valence-corrected chi connectivity index (χ4v) is 4.66. The van der Waals surface area contributed by atoms with Gasteiger partial charge in [0.2, 0.25) is 17.7 Å². The van der Waals surface area contributed by atoms with Crippen molar-refractivity contribution in [2.75, 3.05) is 19.6 Å². The molecule has 6 atom stereocenters. The molecule has 0 radical (unpaired) electrons. The van der Waals surface area contributed by atoms with E-state index in [1.807, 2.05) is 0 Å². The topological polar surface area (TPSA) is 102 Å². The Labute approximate surface area is 140 Å². The summed E-state index contributed by atoms with van der Waals surface area (Å²) in [6.07, 6.45) is 6.01. The molecule has 3 fully saturated rings. The van der Waals surface area contributed by atoms with Crippen molar-refractivity contribution in [3.05, 3.63) is 12.2 Å². The number of fused-ring (bicyclic) bond motifs is 5. The molecular formula is C17H23N3O4. The van der Waals surface area contributed by atoms with Gasteiger partial charge in [-0.3, -0.25) is 19.3 Å². The minimum Gasteiger partial charge on any atom is -0.364 e. The van der Waals surface area contributed by atoms with E-state index in [-0.39, 0.29) is 60.6 Å². The summed E-state index contributed by atoms with van der Waals surface area (Å²) < 4.78 is 5.54. The quantitative estimate of drug-likeness (QED) is 0.517. The maximum Gasteiger partial charge on any atom is 0.249 e. The lowest BCUT2D eigenvalue weighted by Gasteiger charge is -2.18. The number of amides is 3. The second-order valence-electron chi connectivity index (χ2n) is 7.18. The van der Waals surface area contributed by atoms with E-state index in [0.29, 0.717) is 13.0 Å². The predicted molar refractivity (Wildman–Crippen MR) is 84.4 cm³/mol. The number of nitrogens with two attached hydrogens (primary N) is 1. The zero-order chi connectivity index (χ0) is 16.8. The number of carbonyl (C=O) groups is 3. The molecule has 2 heterocycles. The maximum absolute atomic E-state index is 12.5. The van der Waals surface area contributed by atoms with E-state index >= 15 is 0 Å². The van der Waals surface area contributed by atoms with Gasteiger partial charge in [-0.2, -0.15) is 0 Å². The Balaban J connectivity index is 1.29. The molecule has 0 aromatic carbocycles. The monoisotopic (exact) mass is 333 g/mol. The molecule has 2 aliphatic carbocycles. The Hall–Kier alpha value is -1.73. The Kier molecular flexibility index (Phi) is 3.92. The lowest BCUT2D eigenvalue weighted by molar-refractivity contribution is -0.141. The highest BCUT2D eigenvalue weighted by Gasteiger charge is 2.58. The molecule has 0 spiro atoms. The van der Waals surface area contributed by atoms with Crippen LogP contribution < -0.4 is 11.1 Å². The Morgan fingerprint density at radius 1 is 1.21 bits per heavy atom. The van der Waals surface area contributed by atoms with Crippen LogP contribution in [-0.4, -0.2) is 54.5 Å². The number of likely N-dealkylation sites (tertiary alicyclic amines) is 1. The van der Waals surface area contributed by atoms with Crippen molar-refractivity contribution in [2.24, 2.45) is 29.4 Å². The first-order valence-electron chi connectivity index (χ1n) is 8.77. The normalized spacial score (nSPS) is 39.8. The van der Waals surface area contributed by atoms with Crippen LogP contribution in [0.25, 0.3) is 0 Å². The average molecular weight is 333 g/mol. The molecule has 130 valence electrons. The molecule has 2 aliphatic heterocycles. The van der Waals surface area contributed by atoms with Crippen molar-refractivity contribution in [3.63, 3.8) is 0 Å². The summed E-state index contributed by atoms with van der Waals surface area (Å²) in [4.78, 5) is 38.5. The number of nitrogens with zero attached hydrogens (tertiary/aromatic N) is 1. The largest absolute Gasteiger partial charge is 0.364 e. The Morgan fingerprint density at radius 3 is 2.46 bits per heavy atom. The van der Waals surface area contributed by atoms with Crippen LogP contribution in [0.4, 0.5) is 0 Å². The first kappa shape index (κ1) is 15.8. The summed E-state index contributed by atoms with van der Waals surface area (Å²) in [5, 5.41) is 2.77. The fourth-order valence-electron chi connectivity index (χ4n) is 4.66. The van der Waals surface area contributed by atoms with Crippen molar-refractivity contribution in [1.29, 1.82) is 0 Å². The predicted octanol–water partition coefficient (Wildman–Crippen LogP) is -0.584. The van der Waals surface area contributed by atoms with Gasteiger partial charge in [0.05, 0.1) is 17.9 Å². The van der Waals surface area contributed by atoms with Crippen molar-refractivity contribution in [1.82, 2.24) is 10.2 Å². The molecule has 7 heteroatoms. The Bertz CT molecular complexity index is 575. The van der Waals surface area contributed by atoms with E-state index in [0.717, 1.165) is 12.8 Å². The van der Waals surface area contributed by atoms with Crippen molar-refractivity contribution in [2.45, 2.75) is 31.5 Å². The fraction of sp³-hybridized carbons (Fsp3) is 0.706. The van der Waals surface area contributed by atoms with Gasteiger partial charge in [0, 0.05) is 19.6 Å². The van der Waals surface area contributed by atoms with Crippen LogP contribution in [0, 0.1) is 23.7 Å². The molecule has 3 N–H and O–H groups in total. The van der Waals surface area contributed by atoms with E-state index in [2.05, 4.69) is 17.5 Å². The van der Waals surface area contributed by atoms with Crippen LogP contribution in [0.3, 0.4) is 0 Å². The number of nitrogens with one attached hydrogen (secondary N) is 1.